The van der Waals surface area contributed by atoms with Gasteiger partial charge >= 0.3 is 0 Å². The topological polar surface area (TPSA) is 38.1 Å². The van der Waals surface area contributed by atoms with Crippen LogP contribution in [0.3, 0.4) is 0 Å². The molecule has 24 heavy (non-hydrogen) atoms. The molecule has 1 aromatic heterocycles. The predicted octanol–water partition coefficient (Wildman–Crippen LogP) is 3.78. The number of amides is 1. The summed E-state index contributed by atoms with van der Waals surface area (Å²) >= 11 is 0. The maximum atomic E-state index is 13.2. The van der Waals surface area contributed by atoms with Gasteiger partial charge in [-0.25, -0.2) is 4.39 Å². The van der Waals surface area contributed by atoms with E-state index in [0.717, 1.165) is 42.8 Å². The SMILES string of the molecule is CCCCCn1nc(-c2ccc(F)cc2)c2c1CCN(C(C)=O)C2. The molecule has 0 radical (unpaired) electrons. The van der Waals surface area contributed by atoms with Crippen LogP contribution in [0.25, 0.3) is 11.3 Å². The van der Waals surface area contributed by atoms with Crippen molar-refractivity contribution in [3.8, 4) is 11.3 Å². The van der Waals surface area contributed by atoms with Gasteiger partial charge in [0.05, 0.1) is 5.69 Å². The van der Waals surface area contributed by atoms with Crippen molar-refractivity contribution in [2.75, 3.05) is 6.54 Å². The first kappa shape index (κ1) is 16.7. The molecule has 0 spiro atoms. The fourth-order valence-electron chi connectivity index (χ4n) is 3.30. The maximum Gasteiger partial charge on any atom is 0.219 e. The zero-order chi connectivity index (χ0) is 17.1. The summed E-state index contributed by atoms with van der Waals surface area (Å²) in [5, 5.41) is 4.81. The lowest BCUT2D eigenvalue weighted by atomic mass is 10.0. The quantitative estimate of drug-likeness (QED) is 0.783. The molecule has 4 nitrogen and oxygen atoms in total. The summed E-state index contributed by atoms with van der Waals surface area (Å²) in [6.07, 6.45) is 4.28. The zero-order valence-corrected chi connectivity index (χ0v) is 14.4. The normalized spacial score (nSPS) is 13.9. The number of fused-ring (bicyclic) bond motifs is 1. The van der Waals surface area contributed by atoms with Crippen LogP contribution in [-0.2, 0) is 24.3 Å². The first-order chi connectivity index (χ1) is 11.6. The highest BCUT2D eigenvalue weighted by Crippen LogP contribution is 2.30. The maximum absolute atomic E-state index is 13.2. The summed E-state index contributed by atoms with van der Waals surface area (Å²) in [6, 6.07) is 6.45. The van der Waals surface area contributed by atoms with E-state index in [1.165, 1.54) is 30.7 Å². The van der Waals surface area contributed by atoms with Crippen molar-refractivity contribution >= 4 is 5.91 Å². The van der Waals surface area contributed by atoms with Crippen molar-refractivity contribution < 1.29 is 9.18 Å². The molecule has 1 amide bonds. The third kappa shape index (κ3) is 3.35. The molecule has 0 unspecified atom stereocenters. The molecule has 3 rings (SSSR count). The first-order valence-electron chi connectivity index (χ1n) is 8.70. The van der Waals surface area contributed by atoms with Crippen LogP contribution in [0, 0.1) is 5.82 Å². The van der Waals surface area contributed by atoms with Crippen molar-refractivity contribution in [2.24, 2.45) is 0 Å². The van der Waals surface area contributed by atoms with Gasteiger partial charge in [-0.2, -0.15) is 5.10 Å². The number of hydrogen-bond acceptors (Lipinski definition) is 2. The Bertz CT molecular complexity index is 721. The molecule has 1 aromatic carbocycles. The Morgan fingerprint density at radius 1 is 1.25 bits per heavy atom. The molecule has 1 aliphatic rings. The smallest absolute Gasteiger partial charge is 0.219 e. The Morgan fingerprint density at radius 2 is 2.00 bits per heavy atom. The van der Waals surface area contributed by atoms with Crippen molar-refractivity contribution in [3.05, 3.63) is 41.3 Å². The molecule has 128 valence electrons. The number of halogens is 1. The fraction of sp³-hybridized carbons (Fsp3) is 0.474. The van der Waals surface area contributed by atoms with Crippen LogP contribution in [0.15, 0.2) is 24.3 Å². The van der Waals surface area contributed by atoms with Gasteiger partial charge in [0, 0.05) is 49.8 Å². The lowest BCUT2D eigenvalue weighted by Gasteiger charge is -2.27. The molecule has 0 fully saturated rings. The standard InChI is InChI=1S/C19H24FN3O/c1-3-4-5-11-23-18-10-12-22(14(2)24)13-17(18)19(21-23)15-6-8-16(20)9-7-15/h6-9H,3-5,10-13H2,1-2H3. The van der Waals surface area contributed by atoms with E-state index in [1.807, 2.05) is 4.90 Å². The van der Waals surface area contributed by atoms with Gasteiger partial charge in [-0.05, 0) is 30.7 Å². The summed E-state index contributed by atoms with van der Waals surface area (Å²) in [5.74, 6) is -0.162. The predicted molar refractivity (Wildman–Crippen MR) is 91.9 cm³/mol. The van der Waals surface area contributed by atoms with Crippen molar-refractivity contribution in [3.63, 3.8) is 0 Å². The van der Waals surface area contributed by atoms with Crippen LogP contribution in [0.2, 0.25) is 0 Å². The first-order valence-corrected chi connectivity index (χ1v) is 8.70. The molecule has 0 saturated heterocycles. The Kier molecular flexibility index (Phi) is 4.97. The Balaban J connectivity index is 1.97. The molecule has 0 aliphatic carbocycles. The monoisotopic (exact) mass is 329 g/mol. The van der Waals surface area contributed by atoms with Gasteiger partial charge in [0.2, 0.25) is 5.91 Å². The second kappa shape index (κ2) is 7.16. The van der Waals surface area contributed by atoms with E-state index in [4.69, 9.17) is 5.10 Å². The summed E-state index contributed by atoms with van der Waals surface area (Å²) < 4.78 is 15.3. The van der Waals surface area contributed by atoms with E-state index in [2.05, 4.69) is 11.6 Å². The van der Waals surface area contributed by atoms with Crippen molar-refractivity contribution in [1.82, 2.24) is 14.7 Å². The lowest BCUT2D eigenvalue weighted by molar-refractivity contribution is -0.129. The fourth-order valence-corrected chi connectivity index (χ4v) is 3.30. The van der Waals surface area contributed by atoms with Gasteiger partial charge in [0.1, 0.15) is 5.82 Å². The van der Waals surface area contributed by atoms with Gasteiger partial charge in [0.25, 0.3) is 0 Å². The molecule has 0 bridgehead atoms. The largest absolute Gasteiger partial charge is 0.338 e. The number of nitrogens with zero attached hydrogens (tertiary/aromatic N) is 3. The third-order valence-corrected chi connectivity index (χ3v) is 4.67. The minimum atomic E-state index is -0.250. The molecule has 2 heterocycles. The van der Waals surface area contributed by atoms with Crippen LogP contribution < -0.4 is 0 Å². The molecule has 2 aromatic rings. The Labute approximate surface area is 142 Å². The number of carbonyl (C=O) groups excluding carboxylic acids is 1. The molecular formula is C19H24FN3O. The number of benzene rings is 1. The summed E-state index contributed by atoms with van der Waals surface area (Å²) in [5.41, 5.74) is 4.13. The highest BCUT2D eigenvalue weighted by Gasteiger charge is 2.26. The van der Waals surface area contributed by atoms with Gasteiger partial charge in [-0.3, -0.25) is 9.48 Å². The molecule has 1 aliphatic heterocycles. The van der Waals surface area contributed by atoms with E-state index < -0.39 is 0 Å². The minimum Gasteiger partial charge on any atom is -0.338 e. The van der Waals surface area contributed by atoms with E-state index >= 15 is 0 Å². The van der Waals surface area contributed by atoms with E-state index in [1.54, 1.807) is 19.1 Å². The average molecular weight is 329 g/mol. The molecule has 0 saturated carbocycles. The zero-order valence-electron chi connectivity index (χ0n) is 14.4. The van der Waals surface area contributed by atoms with Crippen LogP contribution >= 0.6 is 0 Å². The second-order valence-corrected chi connectivity index (χ2v) is 6.40. The Morgan fingerprint density at radius 3 is 2.67 bits per heavy atom. The Hall–Kier alpha value is -2.17. The van der Waals surface area contributed by atoms with E-state index in [-0.39, 0.29) is 11.7 Å². The highest BCUT2D eigenvalue weighted by molar-refractivity contribution is 5.74. The molecule has 0 N–H and O–H groups in total. The van der Waals surface area contributed by atoms with Gasteiger partial charge in [0.15, 0.2) is 0 Å². The van der Waals surface area contributed by atoms with Crippen LogP contribution in [-0.4, -0.2) is 27.1 Å². The highest BCUT2D eigenvalue weighted by atomic mass is 19.1. The van der Waals surface area contributed by atoms with Crippen LogP contribution in [0.1, 0.15) is 44.4 Å². The number of hydrogen-bond donors (Lipinski definition) is 0. The van der Waals surface area contributed by atoms with E-state index in [0.29, 0.717) is 6.54 Å². The van der Waals surface area contributed by atoms with Gasteiger partial charge in [-0.15, -0.1) is 0 Å². The summed E-state index contributed by atoms with van der Waals surface area (Å²) in [7, 11) is 0. The average Bonchev–Trinajstić information content (AvgIpc) is 2.94. The number of aromatic nitrogens is 2. The summed E-state index contributed by atoms with van der Waals surface area (Å²) in [4.78, 5) is 13.6. The van der Waals surface area contributed by atoms with Gasteiger partial charge in [-0.1, -0.05) is 19.8 Å². The lowest BCUT2D eigenvalue weighted by Crippen LogP contribution is -2.34. The molecule has 0 atom stereocenters. The van der Waals surface area contributed by atoms with Gasteiger partial charge < -0.3 is 4.90 Å². The molecule has 5 heteroatoms. The van der Waals surface area contributed by atoms with Crippen molar-refractivity contribution in [2.45, 2.75) is 52.6 Å². The third-order valence-electron chi connectivity index (χ3n) is 4.67. The number of carbonyl (C=O) groups is 1. The second-order valence-electron chi connectivity index (χ2n) is 6.40. The van der Waals surface area contributed by atoms with E-state index in [9.17, 15) is 9.18 Å². The van der Waals surface area contributed by atoms with Crippen molar-refractivity contribution in [1.29, 1.82) is 0 Å². The minimum absolute atomic E-state index is 0.0874. The van der Waals surface area contributed by atoms with Crippen LogP contribution in [0.4, 0.5) is 4.39 Å². The van der Waals surface area contributed by atoms with Crippen LogP contribution in [0.5, 0.6) is 0 Å². The number of aryl methyl sites for hydroxylation is 1. The number of rotatable bonds is 5. The number of unbranched alkanes of at least 4 members (excludes halogenated alkanes) is 2. The molecular weight excluding hydrogens is 305 g/mol. The summed E-state index contributed by atoms with van der Waals surface area (Å²) in [6.45, 7) is 6.02.